The highest BCUT2D eigenvalue weighted by Crippen LogP contribution is 2.37. The molecule has 0 radical (unpaired) electrons. The quantitative estimate of drug-likeness (QED) is 0.714. The summed E-state index contributed by atoms with van der Waals surface area (Å²) >= 11 is 3.00. The van der Waals surface area contributed by atoms with Crippen molar-refractivity contribution in [2.24, 2.45) is 5.73 Å². The Kier molecular flexibility index (Phi) is 3.34. The predicted octanol–water partition coefficient (Wildman–Crippen LogP) is 1.89. The number of halogens is 2. The fourth-order valence-corrected chi connectivity index (χ4v) is 1.70. The molecular formula is C9H11BrFNO2. The van der Waals surface area contributed by atoms with Gasteiger partial charge in [-0.25, -0.2) is 4.39 Å². The molecule has 0 bridgehead atoms. The van der Waals surface area contributed by atoms with E-state index in [2.05, 4.69) is 15.9 Å². The maximum absolute atomic E-state index is 13.3. The lowest BCUT2D eigenvalue weighted by Gasteiger charge is -2.11. The Balaban J connectivity index is 3.22. The molecule has 0 heterocycles. The highest BCUT2D eigenvalue weighted by Gasteiger charge is 2.16. The van der Waals surface area contributed by atoms with Crippen LogP contribution in [0.3, 0.4) is 0 Å². The molecule has 0 saturated heterocycles. The van der Waals surface area contributed by atoms with Gasteiger partial charge in [-0.2, -0.15) is 0 Å². The van der Waals surface area contributed by atoms with Gasteiger partial charge in [0.1, 0.15) is 5.82 Å². The Hall–Kier alpha value is -0.810. The summed E-state index contributed by atoms with van der Waals surface area (Å²) in [5.74, 6) is -1.42. The summed E-state index contributed by atoms with van der Waals surface area (Å²) in [5, 5.41) is 18.4. The highest BCUT2D eigenvalue weighted by molar-refractivity contribution is 9.10. The lowest BCUT2D eigenvalue weighted by Crippen LogP contribution is -2.18. The minimum atomic E-state index is -0.579. The number of aromatic hydroxyl groups is 2. The van der Waals surface area contributed by atoms with Gasteiger partial charge in [0, 0.05) is 17.7 Å². The molecule has 0 aliphatic rings. The van der Waals surface area contributed by atoms with E-state index in [1.165, 1.54) is 0 Å². The topological polar surface area (TPSA) is 66.5 Å². The summed E-state index contributed by atoms with van der Waals surface area (Å²) < 4.78 is 13.5. The van der Waals surface area contributed by atoms with Crippen molar-refractivity contribution in [1.29, 1.82) is 0 Å². The van der Waals surface area contributed by atoms with Gasteiger partial charge >= 0.3 is 0 Å². The number of hydrogen-bond acceptors (Lipinski definition) is 3. The maximum Gasteiger partial charge on any atom is 0.172 e. The van der Waals surface area contributed by atoms with Crippen LogP contribution in [0.25, 0.3) is 0 Å². The zero-order valence-corrected chi connectivity index (χ0v) is 9.18. The lowest BCUT2D eigenvalue weighted by molar-refractivity contribution is 0.395. The number of phenolic OH excluding ortho intramolecular Hbond substituents is 2. The van der Waals surface area contributed by atoms with Crippen LogP contribution in [-0.4, -0.2) is 16.3 Å². The van der Waals surface area contributed by atoms with Gasteiger partial charge in [0.2, 0.25) is 0 Å². The SMILES string of the molecule is CC(N)Cc1c(F)cc(O)c(O)c1Br. The van der Waals surface area contributed by atoms with Gasteiger partial charge in [0.15, 0.2) is 11.5 Å². The van der Waals surface area contributed by atoms with E-state index in [1.54, 1.807) is 6.92 Å². The van der Waals surface area contributed by atoms with Gasteiger partial charge in [0.25, 0.3) is 0 Å². The molecule has 1 unspecified atom stereocenters. The van der Waals surface area contributed by atoms with Crippen LogP contribution in [0, 0.1) is 5.82 Å². The molecule has 0 aromatic heterocycles. The molecular weight excluding hydrogens is 253 g/mol. The Morgan fingerprint density at radius 3 is 2.64 bits per heavy atom. The summed E-state index contributed by atoms with van der Waals surface area (Å²) in [6.45, 7) is 1.73. The molecule has 14 heavy (non-hydrogen) atoms. The first-order valence-electron chi connectivity index (χ1n) is 4.08. The minimum Gasteiger partial charge on any atom is -0.504 e. The van der Waals surface area contributed by atoms with Crippen LogP contribution in [0.5, 0.6) is 11.5 Å². The molecule has 5 heteroatoms. The van der Waals surface area contributed by atoms with E-state index in [9.17, 15) is 9.50 Å². The third kappa shape index (κ3) is 2.16. The first-order valence-corrected chi connectivity index (χ1v) is 4.87. The fraction of sp³-hybridized carbons (Fsp3) is 0.333. The second-order valence-electron chi connectivity index (χ2n) is 3.20. The van der Waals surface area contributed by atoms with Crippen LogP contribution in [-0.2, 0) is 6.42 Å². The summed E-state index contributed by atoms with van der Waals surface area (Å²) in [7, 11) is 0. The first-order chi connectivity index (χ1) is 6.43. The van der Waals surface area contributed by atoms with E-state index in [0.717, 1.165) is 6.07 Å². The number of rotatable bonds is 2. The molecule has 78 valence electrons. The van der Waals surface area contributed by atoms with Gasteiger partial charge in [-0.15, -0.1) is 0 Å². The van der Waals surface area contributed by atoms with E-state index in [4.69, 9.17) is 10.8 Å². The summed E-state index contributed by atoms with van der Waals surface area (Å²) in [5.41, 5.74) is 5.79. The van der Waals surface area contributed by atoms with Gasteiger partial charge < -0.3 is 15.9 Å². The number of hydrogen-bond donors (Lipinski definition) is 3. The average molecular weight is 264 g/mol. The predicted molar refractivity (Wildman–Crippen MR) is 54.8 cm³/mol. The van der Waals surface area contributed by atoms with Crippen LogP contribution in [0.1, 0.15) is 12.5 Å². The standard InChI is InChI=1S/C9H11BrFNO2/c1-4(12)2-5-6(11)3-7(13)9(14)8(5)10/h3-4,13-14H,2,12H2,1H3. The van der Waals surface area contributed by atoms with Crippen LogP contribution >= 0.6 is 15.9 Å². The van der Waals surface area contributed by atoms with Crippen molar-refractivity contribution in [1.82, 2.24) is 0 Å². The summed E-state index contributed by atoms with van der Waals surface area (Å²) in [6, 6.07) is 0.655. The molecule has 0 aliphatic heterocycles. The van der Waals surface area contributed by atoms with Crippen molar-refractivity contribution in [3.8, 4) is 11.5 Å². The molecule has 0 saturated carbocycles. The van der Waals surface area contributed by atoms with Crippen LogP contribution in [0.15, 0.2) is 10.5 Å². The summed E-state index contributed by atoms with van der Waals surface area (Å²) in [6.07, 6.45) is 0.292. The van der Waals surface area contributed by atoms with Crippen molar-refractivity contribution in [3.63, 3.8) is 0 Å². The van der Waals surface area contributed by atoms with E-state index in [-0.39, 0.29) is 21.8 Å². The molecule has 1 aromatic rings. The van der Waals surface area contributed by atoms with Gasteiger partial charge in [0.05, 0.1) is 4.47 Å². The highest BCUT2D eigenvalue weighted by atomic mass is 79.9. The Morgan fingerprint density at radius 2 is 2.14 bits per heavy atom. The number of nitrogens with two attached hydrogens (primary N) is 1. The van der Waals surface area contributed by atoms with Gasteiger partial charge in [-0.3, -0.25) is 0 Å². The van der Waals surface area contributed by atoms with E-state index in [0.29, 0.717) is 6.42 Å². The largest absolute Gasteiger partial charge is 0.504 e. The normalized spacial score (nSPS) is 12.9. The van der Waals surface area contributed by atoms with Crippen molar-refractivity contribution in [2.45, 2.75) is 19.4 Å². The second kappa shape index (κ2) is 4.14. The van der Waals surface area contributed by atoms with Crippen LogP contribution in [0.2, 0.25) is 0 Å². The third-order valence-corrected chi connectivity index (χ3v) is 2.65. The molecule has 0 amide bonds. The maximum atomic E-state index is 13.3. The fourth-order valence-electron chi connectivity index (χ4n) is 1.14. The van der Waals surface area contributed by atoms with Crippen molar-refractivity contribution in [3.05, 3.63) is 21.9 Å². The smallest absolute Gasteiger partial charge is 0.172 e. The molecule has 0 spiro atoms. The second-order valence-corrected chi connectivity index (χ2v) is 3.99. The Labute approximate surface area is 89.5 Å². The van der Waals surface area contributed by atoms with Crippen molar-refractivity contribution >= 4 is 15.9 Å². The lowest BCUT2D eigenvalue weighted by atomic mass is 10.1. The van der Waals surface area contributed by atoms with Crippen molar-refractivity contribution < 1.29 is 14.6 Å². The Bertz CT molecular complexity index is 355. The zero-order chi connectivity index (χ0) is 10.9. The van der Waals surface area contributed by atoms with Crippen molar-refractivity contribution in [2.75, 3.05) is 0 Å². The monoisotopic (exact) mass is 263 g/mol. The Morgan fingerprint density at radius 1 is 1.57 bits per heavy atom. The average Bonchev–Trinajstić information content (AvgIpc) is 2.09. The summed E-state index contributed by atoms with van der Waals surface area (Å²) in [4.78, 5) is 0. The molecule has 3 nitrogen and oxygen atoms in total. The molecule has 1 atom stereocenters. The van der Waals surface area contributed by atoms with Crippen LogP contribution < -0.4 is 5.73 Å². The number of phenols is 2. The molecule has 1 aromatic carbocycles. The molecule has 0 fully saturated rings. The first kappa shape index (κ1) is 11.3. The van der Waals surface area contributed by atoms with Gasteiger partial charge in [-0.05, 0) is 29.3 Å². The molecule has 1 rings (SSSR count). The van der Waals surface area contributed by atoms with Crippen LogP contribution in [0.4, 0.5) is 4.39 Å². The van der Waals surface area contributed by atoms with E-state index >= 15 is 0 Å². The van der Waals surface area contributed by atoms with Gasteiger partial charge in [-0.1, -0.05) is 0 Å². The van der Waals surface area contributed by atoms with E-state index in [1.807, 2.05) is 0 Å². The molecule has 0 aliphatic carbocycles. The minimum absolute atomic E-state index is 0.160. The zero-order valence-electron chi connectivity index (χ0n) is 7.59. The number of benzene rings is 1. The molecule has 4 N–H and O–H groups in total. The third-order valence-electron chi connectivity index (χ3n) is 1.79. The van der Waals surface area contributed by atoms with E-state index < -0.39 is 11.6 Å².